The lowest BCUT2D eigenvalue weighted by Gasteiger charge is -2.00. The maximum atomic E-state index is 9.60. The highest BCUT2D eigenvalue weighted by molar-refractivity contribution is 5.66. The standard InChI is InChI=1S/C7H14O.C4H8O2.3C3H6/c1-3-5-6-7(8)4-2;1-2-3-4(5)6;3*1-3-2/h4,7-8H,2-3,5-6H2,1H3;2-3H2,1H3,(H,5,6);3*3H,1H2,2H3. The molecule has 0 fully saturated rings. The van der Waals surface area contributed by atoms with Crippen LogP contribution in [0.5, 0.6) is 0 Å². The predicted molar refractivity (Wildman–Crippen MR) is 106 cm³/mol. The molecular formula is C20H40O3. The predicted octanol–water partition coefficient (Wildman–Crippen LogP) is 6.17. The highest BCUT2D eigenvalue weighted by Gasteiger charge is 1.93. The first-order chi connectivity index (χ1) is 10.8. The average Bonchev–Trinajstić information content (AvgIpc) is 2.47. The first-order valence-corrected chi connectivity index (χ1v) is 8.06. The Morgan fingerprint density at radius 1 is 0.957 bits per heavy atom. The Morgan fingerprint density at radius 3 is 1.43 bits per heavy atom. The number of hydrogen-bond acceptors (Lipinski definition) is 2. The fourth-order valence-electron chi connectivity index (χ4n) is 0.745. The summed E-state index contributed by atoms with van der Waals surface area (Å²) in [4.78, 5) is 9.60. The molecule has 0 aliphatic rings. The van der Waals surface area contributed by atoms with Crippen molar-refractivity contribution in [3.05, 3.63) is 50.6 Å². The van der Waals surface area contributed by atoms with E-state index in [2.05, 4.69) is 33.2 Å². The van der Waals surface area contributed by atoms with Gasteiger partial charge in [0.15, 0.2) is 0 Å². The topological polar surface area (TPSA) is 57.5 Å². The van der Waals surface area contributed by atoms with Crippen LogP contribution in [0.4, 0.5) is 0 Å². The monoisotopic (exact) mass is 328 g/mol. The van der Waals surface area contributed by atoms with Crippen molar-refractivity contribution in [2.45, 2.75) is 72.8 Å². The van der Waals surface area contributed by atoms with E-state index >= 15 is 0 Å². The molecule has 23 heavy (non-hydrogen) atoms. The van der Waals surface area contributed by atoms with Crippen molar-refractivity contribution in [2.24, 2.45) is 0 Å². The number of carbonyl (C=O) groups is 1. The first kappa shape index (κ1) is 33.1. The molecule has 0 radical (unpaired) electrons. The van der Waals surface area contributed by atoms with E-state index in [1.165, 1.54) is 0 Å². The second-order valence-electron chi connectivity index (χ2n) is 4.31. The molecule has 0 heterocycles. The van der Waals surface area contributed by atoms with Crippen LogP contribution in [0.25, 0.3) is 0 Å². The van der Waals surface area contributed by atoms with Crippen LogP contribution < -0.4 is 0 Å². The zero-order valence-electron chi connectivity index (χ0n) is 16.1. The Bertz CT molecular complexity index is 231. The molecule has 138 valence electrons. The number of aliphatic hydroxyl groups excluding tert-OH is 1. The van der Waals surface area contributed by atoms with Crippen LogP contribution in [-0.4, -0.2) is 22.3 Å². The van der Waals surface area contributed by atoms with Gasteiger partial charge in [0.25, 0.3) is 0 Å². The Balaban J connectivity index is -0.0000000636. The molecule has 1 atom stereocenters. The molecule has 3 heteroatoms. The molecule has 0 aromatic rings. The first-order valence-electron chi connectivity index (χ1n) is 8.06. The van der Waals surface area contributed by atoms with Gasteiger partial charge < -0.3 is 10.2 Å². The molecule has 1 unspecified atom stereocenters. The fourth-order valence-corrected chi connectivity index (χ4v) is 0.745. The van der Waals surface area contributed by atoms with Crippen molar-refractivity contribution in [1.29, 1.82) is 0 Å². The molecule has 0 aromatic heterocycles. The van der Waals surface area contributed by atoms with Gasteiger partial charge in [0.1, 0.15) is 0 Å². The van der Waals surface area contributed by atoms with Crippen molar-refractivity contribution in [3.63, 3.8) is 0 Å². The molecule has 2 N–H and O–H groups in total. The van der Waals surface area contributed by atoms with Gasteiger partial charge in [0, 0.05) is 6.42 Å². The maximum Gasteiger partial charge on any atom is 0.303 e. The average molecular weight is 329 g/mol. The minimum atomic E-state index is -0.711. The lowest BCUT2D eigenvalue weighted by atomic mass is 10.2. The summed E-state index contributed by atoms with van der Waals surface area (Å²) in [6.07, 6.45) is 10.7. The molecule has 0 spiro atoms. The van der Waals surface area contributed by atoms with Crippen LogP contribution in [0.2, 0.25) is 0 Å². The number of allylic oxidation sites excluding steroid dienone is 3. The minimum Gasteiger partial charge on any atom is -0.481 e. The Hall–Kier alpha value is -1.61. The van der Waals surface area contributed by atoms with Crippen LogP contribution in [-0.2, 0) is 4.79 Å². The third-order valence-electron chi connectivity index (χ3n) is 1.59. The summed E-state index contributed by atoms with van der Waals surface area (Å²) < 4.78 is 0. The van der Waals surface area contributed by atoms with Crippen molar-refractivity contribution in [3.8, 4) is 0 Å². The van der Waals surface area contributed by atoms with Gasteiger partial charge >= 0.3 is 5.97 Å². The fraction of sp³-hybridized carbons (Fsp3) is 0.550. The van der Waals surface area contributed by atoms with Gasteiger partial charge in [-0.15, -0.1) is 26.3 Å². The summed E-state index contributed by atoms with van der Waals surface area (Å²) in [6.45, 7) is 23.2. The van der Waals surface area contributed by atoms with Crippen molar-refractivity contribution < 1.29 is 15.0 Å². The van der Waals surface area contributed by atoms with E-state index in [4.69, 9.17) is 10.2 Å². The summed E-state index contributed by atoms with van der Waals surface area (Å²) in [7, 11) is 0. The van der Waals surface area contributed by atoms with Crippen LogP contribution in [0.1, 0.15) is 66.7 Å². The van der Waals surface area contributed by atoms with E-state index in [1.54, 1.807) is 24.3 Å². The molecular weight excluding hydrogens is 288 g/mol. The van der Waals surface area contributed by atoms with Crippen LogP contribution in [0.3, 0.4) is 0 Å². The second-order valence-corrected chi connectivity index (χ2v) is 4.31. The summed E-state index contributed by atoms with van der Waals surface area (Å²) in [5, 5.41) is 16.8. The largest absolute Gasteiger partial charge is 0.481 e. The highest BCUT2D eigenvalue weighted by Crippen LogP contribution is 1.99. The van der Waals surface area contributed by atoms with Gasteiger partial charge in [-0.3, -0.25) is 4.79 Å². The van der Waals surface area contributed by atoms with E-state index in [1.807, 2.05) is 27.7 Å². The molecule has 3 nitrogen and oxygen atoms in total. The summed E-state index contributed by atoms with van der Waals surface area (Å²) in [5.74, 6) is -0.711. The van der Waals surface area contributed by atoms with E-state index in [0.29, 0.717) is 6.42 Å². The molecule has 0 aromatic carbocycles. The molecule has 0 bridgehead atoms. The minimum absolute atomic E-state index is 0.282. The number of hydrogen-bond donors (Lipinski definition) is 2. The van der Waals surface area contributed by atoms with E-state index < -0.39 is 5.97 Å². The van der Waals surface area contributed by atoms with Crippen LogP contribution in [0.15, 0.2) is 50.6 Å². The number of aliphatic carboxylic acids is 1. The van der Waals surface area contributed by atoms with Gasteiger partial charge in [0.2, 0.25) is 0 Å². The number of rotatable bonds is 6. The SMILES string of the molecule is C=CC.C=CC.C=CC.C=CC(O)CCCC.CCCC(=O)O. The zero-order chi connectivity index (χ0) is 19.5. The van der Waals surface area contributed by atoms with Gasteiger partial charge in [-0.05, 0) is 33.6 Å². The normalized spacial score (nSPS) is 8.43. The number of carboxylic acid groups (broad SMARTS) is 1. The number of aliphatic hydroxyl groups is 1. The molecule has 0 aliphatic carbocycles. The van der Waals surface area contributed by atoms with Gasteiger partial charge in [-0.25, -0.2) is 0 Å². The van der Waals surface area contributed by atoms with Crippen molar-refractivity contribution >= 4 is 5.97 Å². The summed E-state index contributed by atoms with van der Waals surface area (Å²) in [6, 6.07) is 0. The lowest BCUT2D eigenvalue weighted by molar-refractivity contribution is -0.137. The smallest absolute Gasteiger partial charge is 0.303 e. The molecule has 0 aliphatic heterocycles. The molecule has 0 saturated carbocycles. The lowest BCUT2D eigenvalue weighted by Crippen LogP contribution is -1.99. The van der Waals surface area contributed by atoms with Gasteiger partial charge in [0.05, 0.1) is 6.10 Å². The van der Waals surface area contributed by atoms with E-state index in [9.17, 15) is 4.79 Å². The van der Waals surface area contributed by atoms with Gasteiger partial charge in [-0.2, -0.15) is 0 Å². The quantitative estimate of drug-likeness (QED) is 0.573. The third-order valence-corrected chi connectivity index (χ3v) is 1.59. The Morgan fingerprint density at radius 2 is 1.30 bits per heavy atom. The van der Waals surface area contributed by atoms with E-state index in [0.717, 1.165) is 25.7 Å². The molecule has 0 saturated heterocycles. The third kappa shape index (κ3) is 126. The number of unbranched alkanes of at least 4 members (excludes halogenated alkanes) is 1. The highest BCUT2D eigenvalue weighted by atomic mass is 16.4. The number of carboxylic acids is 1. The molecule has 0 amide bonds. The summed E-state index contributed by atoms with van der Waals surface area (Å²) >= 11 is 0. The Labute approximate surface area is 145 Å². The molecule has 0 rings (SSSR count). The van der Waals surface area contributed by atoms with Gasteiger partial charge in [-0.1, -0.05) is 51.0 Å². The second kappa shape index (κ2) is 42.8. The van der Waals surface area contributed by atoms with Crippen molar-refractivity contribution in [2.75, 3.05) is 0 Å². The maximum absolute atomic E-state index is 9.60. The summed E-state index contributed by atoms with van der Waals surface area (Å²) in [5.41, 5.74) is 0. The van der Waals surface area contributed by atoms with E-state index in [-0.39, 0.29) is 6.10 Å². The van der Waals surface area contributed by atoms with Crippen LogP contribution in [0, 0.1) is 0 Å². The van der Waals surface area contributed by atoms with Crippen LogP contribution >= 0.6 is 0 Å². The zero-order valence-corrected chi connectivity index (χ0v) is 16.1. The van der Waals surface area contributed by atoms with Crippen molar-refractivity contribution in [1.82, 2.24) is 0 Å². The Kier molecular flexibility index (Phi) is 61.5.